The largest absolute Gasteiger partial charge is 0.493 e. The van der Waals surface area contributed by atoms with E-state index in [-0.39, 0.29) is 17.6 Å². The number of Topliss-reactive ketones (excluding diaryl/α,β-unsaturated/α-hetero) is 1. The van der Waals surface area contributed by atoms with Crippen LogP contribution in [0.5, 0.6) is 5.75 Å². The van der Waals surface area contributed by atoms with Crippen LogP contribution in [0.1, 0.15) is 23.5 Å². The van der Waals surface area contributed by atoms with Gasteiger partial charge in [-0.15, -0.1) is 0 Å². The molecular weight excluding hydrogens is 233 g/mol. The number of hydrogen-bond donors (Lipinski definition) is 0. The molecule has 0 spiro atoms. The van der Waals surface area contributed by atoms with E-state index in [1.54, 1.807) is 0 Å². The van der Waals surface area contributed by atoms with Gasteiger partial charge in [0.1, 0.15) is 11.5 Å². The number of rotatable bonds is 0. The van der Waals surface area contributed by atoms with Crippen LogP contribution < -0.4 is 4.74 Å². The maximum absolute atomic E-state index is 12.6. The normalized spacial score (nSPS) is 26.6. The fourth-order valence-corrected chi connectivity index (χ4v) is 2.48. The van der Waals surface area contributed by atoms with Crippen molar-refractivity contribution in [3.8, 4) is 5.75 Å². The quantitative estimate of drug-likeness (QED) is 0.699. The average molecular weight is 242 g/mol. The van der Waals surface area contributed by atoms with Gasteiger partial charge < -0.3 is 4.74 Å². The van der Waals surface area contributed by atoms with Gasteiger partial charge in [0.25, 0.3) is 0 Å². The number of ether oxygens (including phenoxy) is 1. The number of alkyl halides is 3. The van der Waals surface area contributed by atoms with E-state index in [0.29, 0.717) is 24.3 Å². The summed E-state index contributed by atoms with van der Waals surface area (Å²) in [6.07, 6.45) is -3.96. The summed E-state index contributed by atoms with van der Waals surface area (Å²) in [5, 5.41) is 0. The molecule has 1 heterocycles. The lowest BCUT2D eigenvalue weighted by molar-refractivity contribution is -0.138. The van der Waals surface area contributed by atoms with Gasteiger partial charge in [-0.05, 0) is 18.2 Å². The van der Waals surface area contributed by atoms with Gasteiger partial charge in [-0.2, -0.15) is 13.2 Å². The van der Waals surface area contributed by atoms with E-state index in [1.165, 1.54) is 6.07 Å². The summed E-state index contributed by atoms with van der Waals surface area (Å²) in [5.74, 6) is 0.0886. The molecule has 0 aromatic heterocycles. The zero-order chi connectivity index (χ0) is 12.2. The fourth-order valence-electron chi connectivity index (χ4n) is 2.48. The van der Waals surface area contributed by atoms with Crippen molar-refractivity contribution < 1.29 is 22.7 Å². The smallest absolute Gasteiger partial charge is 0.416 e. The van der Waals surface area contributed by atoms with E-state index < -0.39 is 11.7 Å². The van der Waals surface area contributed by atoms with Gasteiger partial charge in [0, 0.05) is 17.9 Å². The number of fused-ring (bicyclic) bond motifs is 3. The van der Waals surface area contributed by atoms with Crippen molar-refractivity contribution in [3.63, 3.8) is 0 Å². The lowest BCUT2D eigenvalue weighted by atomic mass is 9.67. The molecule has 0 unspecified atom stereocenters. The predicted molar refractivity (Wildman–Crippen MR) is 52.8 cm³/mol. The number of hydrogen-bond acceptors (Lipinski definition) is 2. The van der Waals surface area contributed by atoms with Crippen molar-refractivity contribution >= 4 is 5.78 Å². The number of halogens is 3. The molecule has 0 saturated heterocycles. The Hall–Kier alpha value is -1.52. The maximum Gasteiger partial charge on any atom is 0.416 e. The Morgan fingerprint density at radius 1 is 1.29 bits per heavy atom. The van der Waals surface area contributed by atoms with Crippen molar-refractivity contribution in [2.24, 2.45) is 5.92 Å². The highest BCUT2D eigenvalue weighted by atomic mass is 19.4. The van der Waals surface area contributed by atoms with Crippen molar-refractivity contribution in [2.45, 2.75) is 18.5 Å². The molecule has 2 aliphatic rings. The average Bonchev–Trinajstić information content (AvgIpc) is 2.24. The molecule has 1 aliphatic heterocycles. The van der Waals surface area contributed by atoms with E-state index in [4.69, 9.17) is 4.74 Å². The molecule has 2 nitrogen and oxygen atoms in total. The van der Waals surface area contributed by atoms with Gasteiger partial charge in [0.2, 0.25) is 0 Å². The highest BCUT2D eigenvalue weighted by Crippen LogP contribution is 2.48. The van der Waals surface area contributed by atoms with Crippen LogP contribution in [0.15, 0.2) is 18.2 Å². The molecule has 1 aromatic rings. The zero-order valence-electron chi connectivity index (χ0n) is 8.75. The van der Waals surface area contributed by atoms with E-state index >= 15 is 0 Å². The molecule has 1 fully saturated rings. The van der Waals surface area contributed by atoms with Gasteiger partial charge >= 0.3 is 6.18 Å². The third-order valence-corrected chi connectivity index (χ3v) is 3.41. The van der Waals surface area contributed by atoms with Crippen LogP contribution in [0.25, 0.3) is 0 Å². The lowest BCUT2D eigenvalue weighted by Gasteiger charge is -2.40. The molecule has 17 heavy (non-hydrogen) atoms. The second-order valence-corrected chi connectivity index (χ2v) is 4.47. The number of carbonyl (C=O) groups is 1. The van der Waals surface area contributed by atoms with E-state index in [9.17, 15) is 18.0 Å². The molecule has 0 radical (unpaired) electrons. The first-order valence-electron chi connectivity index (χ1n) is 5.33. The summed E-state index contributed by atoms with van der Waals surface area (Å²) >= 11 is 0. The minimum atomic E-state index is -4.38. The Bertz CT molecular complexity index is 493. The lowest BCUT2D eigenvalue weighted by Crippen LogP contribution is -2.41. The summed E-state index contributed by atoms with van der Waals surface area (Å²) in [7, 11) is 0. The molecule has 2 atom stereocenters. The van der Waals surface area contributed by atoms with E-state index in [2.05, 4.69) is 0 Å². The summed E-state index contributed by atoms with van der Waals surface area (Å²) in [5.41, 5.74) is -0.326. The summed E-state index contributed by atoms with van der Waals surface area (Å²) < 4.78 is 43.1. The molecular formula is C12H9F3O2. The molecule has 0 amide bonds. The summed E-state index contributed by atoms with van der Waals surface area (Å²) in [6.45, 7) is 0.425. The third kappa shape index (κ3) is 1.52. The molecule has 90 valence electrons. The first kappa shape index (κ1) is 10.6. The van der Waals surface area contributed by atoms with Crippen LogP contribution in [0.2, 0.25) is 0 Å². The molecule has 3 rings (SSSR count). The highest BCUT2D eigenvalue weighted by Gasteiger charge is 2.46. The van der Waals surface area contributed by atoms with Crippen LogP contribution in [0.3, 0.4) is 0 Å². The van der Waals surface area contributed by atoms with Crippen molar-refractivity contribution in [1.29, 1.82) is 0 Å². The fraction of sp³-hybridized carbons (Fsp3) is 0.417. The number of ketones is 1. The Morgan fingerprint density at radius 3 is 2.71 bits per heavy atom. The minimum Gasteiger partial charge on any atom is -0.493 e. The first-order chi connectivity index (χ1) is 7.97. The number of carbonyl (C=O) groups excluding carboxylic acids is 1. The van der Waals surface area contributed by atoms with Crippen LogP contribution in [0.4, 0.5) is 13.2 Å². The van der Waals surface area contributed by atoms with Gasteiger partial charge in [-0.1, -0.05) is 0 Å². The van der Waals surface area contributed by atoms with Crippen molar-refractivity contribution in [2.75, 3.05) is 6.61 Å². The molecule has 0 N–H and O–H groups in total. The second-order valence-electron chi connectivity index (χ2n) is 4.47. The monoisotopic (exact) mass is 242 g/mol. The van der Waals surface area contributed by atoms with Crippen LogP contribution in [-0.2, 0) is 11.0 Å². The minimum absolute atomic E-state index is 0.0128. The third-order valence-electron chi connectivity index (χ3n) is 3.41. The van der Waals surface area contributed by atoms with Gasteiger partial charge in [-0.3, -0.25) is 4.79 Å². The SMILES string of the molecule is O=C1C[C@H]2COc3ccc(C(F)(F)F)cc3[C@@H]12. The molecule has 0 bridgehead atoms. The standard InChI is InChI=1S/C12H9F3O2/c13-12(14,15)7-1-2-10-8(4-7)11-6(5-17-10)3-9(11)16/h1-2,4,6,11H,3,5H2/t6-,11-/m0/s1. The van der Waals surface area contributed by atoms with Crippen molar-refractivity contribution in [3.05, 3.63) is 29.3 Å². The van der Waals surface area contributed by atoms with Gasteiger partial charge in [0.15, 0.2) is 0 Å². The Morgan fingerprint density at radius 2 is 2.06 bits per heavy atom. The Kier molecular flexibility index (Phi) is 2.03. The first-order valence-corrected chi connectivity index (χ1v) is 5.33. The van der Waals surface area contributed by atoms with E-state index in [0.717, 1.165) is 12.1 Å². The van der Waals surface area contributed by atoms with E-state index in [1.807, 2.05) is 0 Å². The highest BCUT2D eigenvalue weighted by molar-refractivity contribution is 5.93. The van der Waals surface area contributed by atoms with Gasteiger partial charge in [0.05, 0.1) is 18.1 Å². The van der Waals surface area contributed by atoms with Crippen molar-refractivity contribution in [1.82, 2.24) is 0 Å². The Labute approximate surface area is 95.4 Å². The molecule has 1 aromatic carbocycles. The predicted octanol–water partition coefficient (Wildman–Crippen LogP) is 2.77. The zero-order valence-corrected chi connectivity index (χ0v) is 8.75. The van der Waals surface area contributed by atoms with Crippen LogP contribution in [0, 0.1) is 5.92 Å². The maximum atomic E-state index is 12.6. The summed E-state index contributed by atoms with van der Waals surface area (Å²) in [4.78, 5) is 11.5. The topological polar surface area (TPSA) is 26.3 Å². The van der Waals surface area contributed by atoms with Crippen LogP contribution >= 0.6 is 0 Å². The summed E-state index contributed by atoms with van der Waals surface area (Å²) in [6, 6.07) is 3.34. The van der Waals surface area contributed by atoms with Gasteiger partial charge in [-0.25, -0.2) is 0 Å². The Balaban J connectivity index is 2.07. The second kappa shape index (κ2) is 3.24. The molecule has 1 aliphatic carbocycles. The molecule has 1 saturated carbocycles. The van der Waals surface area contributed by atoms with Crippen LogP contribution in [-0.4, -0.2) is 12.4 Å². The number of benzene rings is 1. The molecule has 5 heteroatoms.